The first-order chi connectivity index (χ1) is 5.79. The van der Waals surface area contributed by atoms with Gasteiger partial charge < -0.3 is 4.42 Å². The third kappa shape index (κ3) is 1.01. The van der Waals surface area contributed by atoms with Crippen LogP contribution in [0.5, 0.6) is 0 Å². The number of furan rings is 1. The molecule has 2 nitrogen and oxygen atoms in total. The number of rotatable bonds is 1. The van der Waals surface area contributed by atoms with Gasteiger partial charge in [-0.15, -0.1) is 0 Å². The zero-order valence-corrected chi connectivity index (χ0v) is 6.70. The molecule has 0 aliphatic rings. The number of hydrogen-bond donors (Lipinski definition) is 0. The van der Waals surface area contributed by atoms with Crippen LogP contribution in [0.1, 0.15) is 16.1 Å². The van der Waals surface area contributed by atoms with E-state index in [4.69, 9.17) is 4.42 Å². The summed E-state index contributed by atoms with van der Waals surface area (Å²) >= 11 is 0. The summed E-state index contributed by atoms with van der Waals surface area (Å²) < 4.78 is 5.23. The van der Waals surface area contributed by atoms with Crippen LogP contribution in [0.15, 0.2) is 28.7 Å². The SMILES string of the molecule is Cc1ccc2cc(C=O)oc2c1. The van der Waals surface area contributed by atoms with Crippen molar-refractivity contribution in [3.63, 3.8) is 0 Å². The molecule has 0 bridgehead atoms. The minimum absolute atomic E-state index is 0.385. The quantitative estimate of drug-likeness (QED) is 0.600. The van der Waals surface area contributed by atoms with E-state index in [0.29, 0.717) is 5.76 Å². The van der Waals surface area contributed by atoms with Crippen LogP contribution in [-0.4, -0.2) is 6.29 Å². The Labute approximate surface area is 69.8 Å². The number of aryl methyl sites for hydroxylation is 1. The van der Waals surface area contributed by atoms with E-state index in [1.165, 1.54) is 0 Å². The highest BCUT2D eigenvalue weighted by Crippen LogP contribution is 2.19. The minimum atomic E-state index is 0.385. The second-order valence-electron chi connectivity index (χ2n) is 2.81. The van der Waals surface area contributed by atoms with Gasteiger partial charge in [-0.1, -0.05) is 12.1 Å². The lowest BCUT2D eigenvalue weighted by atomic mass is 10.2. The lowest BCUT2D eigenvalue weighted by molar-refractivity contribution is 0.110. The van der Waals surface area contributed by atoms with Crippen LogP contribution in [0.3, 0.4) is 0 Å². The summed E-state index contributed by atoms with van der Waals surface area (Å²) in [6, 6.07) is 7.59. The van der Waals surface area contributed by atoms with E-state index in [0.717, 1.165) is 22.8 Å². The summed E-state index contributed by atoms with van der Waals surface area (Å²) in [5.74, 6) is 0.385. The Kier molecular flexibility index (Phi) is 1.47. The van der Waals surface area contributed by atoms with E-state index in [9.17, 15) is 4.79 Å². The van der Waals surface area contributed by atoms with Gasteiger partial charge >= 0.3 is 0 Å². The smallest absolute Gasteiger partial charge is 0.185 e. The standard InChI is InChI=1S/C10H8O2/c1-7-2-3-8-5-9(6-11)12-10(8)4-7/h2-6H,1H3. The van der Waals surface area contributed by atoms with Crippen molar-refractivity contribution in [2.24, 2.45) is 0 Å². The van der Waals surface area contributed by atoms with E-state index in [2.05, 4.69) is 0 Å². The lowest BCUT2D eigenvalue weighted by Crippen LogP contribution is -1.67. The molecule has 0 saturated heterocycles. The maximum absolute atomic E-state index is 10.4. The van der Waals surface area contributed by atoms with Gasteiger partial charge in [0.1, 0.15) is 5.58 Å². The molecule has 1 aromatic heterocycles. The number of carbonyl (C=O) groups excluding carboxylic acids is 1. The third-order valence-electron chi connectivity index (χ3n) is 1.81. The number of hydrogen-bond acceptors (Lipinski definition) is 2. The van der Waals surface area contributed by atoms with E-state index in [1.807, 2.05) is 25.1 Å². The summed E-state index contributed by atoms with van der Waals surface area (Å²) in [5.41, 5.74) is 1.91. The van der Waals surface area contributed by atoms with Gasteiger partial charge in [0.25, 0.3) is 0 Å². The van der Waals surface area contributed by atoms with Crippen LogP contribution >= 0.6 is 0 Å². The van der Waals surface area contributed by atoms with Crippen molar-refractivity contribution < 1.29 is 9.21 Å². The Morgan fingerprint density at radius 1 is 1.33 bits per heavy atom. The summed E-state index contributed by atoms with van der Waals surface area (Å²) in [4.78, 5) is 10.4. The first kappa shape index (κ1) is 7.10. The Balaban J connectivity index is 2.75. The molecule has 1 heterocycles. The number of benzene rings is 1. The van der Waals surface area contributed by atoms with Crippen LogP contribution in [0.25, 0.3) is 11.0 Å². The van der Waals surface area contributed by atoms with E-state index >= 15 is 0 Å². The predicted octanol–water partition coefficient (Wildman–Crippen LogP) is 2.55. The van der Waals surface area contributed by atoms with Crippen LogP contribution in [0.4, 0.5) is 0 Å². The molecule has 0 fully saturated rings. The molecule has 2 aromatic rings. The Morgan fingerprint density at radius 2 is 2.17 bits per heavy atom. The monoisotopic (exact) mass is 160 g/mol. The van der Waals surface area contributed by atoms with E-state index in [-0.39, 0.29) is 0 Å². The maximum Gasteiger partial charge on any atom is 0.185 e. The highest BCUT2D eigenvalue weighted by atomic mass is 16.3. The van der Waals surface area contributed by atoms with Gasteiger partial charge in [-0.25, -0.2) is 0 Å². The molecule has 12 heavy (non-hydrogen) atoms. The van der Waals surface area contributed by atoms with Gasteiger partial charge in [0.15, 0.2) is 12.0 Å². The van der Waals surface area contributed by atoms with E-state index < -0.39 is 0 Å². The molecule has 0 amide bonds. The molecule has 2 heteroatoms. The zero-order valence-electron chi connectivity index (χ0n) is 6.70. The maximum atomic E-state index is 10.4. The molecule has 60 valence electrons. The Hall–Kier alpha value is -1.57. The normalized spacial score (nSPS) is 10.4. The van der Waals surface area contributed by atoms with Crippen molar-refractivity contribution >= 4 is 17.3 Å². The molecule has 0 aliphatic carbocycles. The van der Waals surface area contributed by atoms with Gasteiger partial charge in [-0.05, 0) is 24.6 Å². The van der Waals surface area contributed by atoms with Crippen LogP contribution < -0.4 is 0 Å². The molecular weight excluding hydrogens is 152 g/mol. The molecule has 0 N–H and O–H groups in total. The van der Waals surface area contributed by atoms with Crippen LogP contribution in [0, 0.1) is 6.92 Å². The van der Waals surface area contributed by atoms with Crippen molar-refractivity contribution in [1.82, 2.24) is 0 Å². The Bertz CT molecular complexity index is 426. The lowest BCUT2D eigenvalue weighted by Gasteiger charge is -1.89. The summed E-state index contributed by atoms with van der Waals surface area (Å²) in [7, 11) is 0. The number of fused-ring (bicyclic) bond motifs is 1. The molecule has 0 unspecified atom stereocenters. The van der Waals surface area contributed by atoms with Crippen molar-refractivity contribution in [3.05, 3.63) is 35.6 Å². The number of aldehydes is 1. The summed E-state index contributed by atoms with van der Waals surface area (Å²) in [6.07, 6.45) is 0.718. The molecular formula is C10H8O2. The minimum Gasteiger partial charge on any atom is -0.453 e. The Morgan fingerprint density at radius 3 is 2.92 bits per heavy atom. The largest absolute Gasteiger partial charge is 0.453 e. The molecule has 0 aliphatic heterocycles. The third-order valence-corrected chi connectivity index (χ3v) is 1.81. The van der Waals surface area contributed by atoms with Crippen molar-refractivity contribution in [3.8, 4) is 0 Å². The molecule has 0 saturated carbocycles. The predicted molar refractivity (Wildman–Crippen MR) is 46.3 cm³/mol. The number of carbonyl (C=O) groups is 1. The molecule has 0 atom stereocenters. The average Bonchev–Trinajstić information content (AvgIpc) is 2.46. The average molecular weight is 160 g/mol. The second-order valence-corrected chi connectivity index (χ2v) is 2.81. The fraction of sp³-hybridized carbons (Fsp3) is 0.100. The fourth-order valence-corrected chi connectivity index (χ4v) is 1.22. The highest BCUT2D eigenvalue weighted by molar-refractivity contribution is 5.85. The van der Waals surface area contributed by atoms with Crippen LogP contribution in [-0.2, 0) is 0 Å². The van der Waals surface area contributed by atoms with E-state index in [1.54, 1.807) is 6.07 Å². The first-order valence-electron chi connectivity index (χ1n) is 3.75. The van der Waals surface area contributed by atoms with Gasteiger partial charge in [-0.3, -0.25) is 4.79 Å². The van der Waals surface area contributed by atoms with Gasteiger partial charge in [0.05, 0.1) is 0 Å². The topological polar surface area (TPSA) is 30.2 Å². The van der Waals surface area contributed by atoms with Crippen molar-refractivity contribution in [1.29, 1.82) is 0 Å². The summed E-state index contributed by atoms with van der Waals surface area (Å²) in [5, 5.41) is 0.975. The highest BCUT2D eigenvalue weighted by Gasteiger charge is 2.01. The van der Waals surface area contributed by atoms with Gasteiger partial charge in [-0.2, -0.15) is 0 Å². The van der Waals surface area contributed by atoms with Crippen molar-refractivity contribution in [2.75, 3.05) is 0 Å². The van der Waals surface area contributed by atoms with Gasteiger partial charge in [0, 0.05) is 5.39 Å². The zero-order chi connectivity index (χ0) is 8.55. The van der Waals surface area contributed by atoms with Crippen LogP contribution in [0.2, 0.25) is 0 Å². The molecule has 0 spiro atoms. The first-order valence-corrected chi connectivity index (χ1v) is 3.75. The van der Waals surface area contributed by atoms with Crippen molar-refractivity contribution in [2.45, 2.75) is 6.92 Å². The second kappa shape index (κ2) is 2.48. The summed E-state index contributed by atoms with van der Waals surface area (Å²) in [6.45, 7) is 1.99. The molecule has 2 rings (SSSR count). The molecule has 0 radical (unpaired) electrons. The fourth-order valence-electron chi connectivity index (χ4n) is 1.22. The van der Waals surface area contributed by atoms with Gasteiger partial charge in [0.2, 0.25) is 0 Å². The molecule has 1 aromatic carbocycles.